The van der Waals surface area contributed by atoms with Gasteiger partial charge in [-0.2, -0.15) is 10.2 Å². The Morgan fingerprint density at radius 3 is 2.86 bits per heavy atom. The molecule has 2 aromatic carbocycles. The molecule has 29 heavy (non-hydrogen) atoms. The van der Waals surface area contributed by atoms with E-state index < -0.39 is 0 Å². The molecule has 0 radical (unpaired) electrons. The average Bonchev–Trinajstić information content (AvgIpc) is 3.24. The van der Waals surface area contributed by atoms with Crippen molar-refractivity contribution >= 4 is 16.8 Å². The van der Waals surface area contributed by atoms with Gasteiger partial charge in [0.2, 0.25) is 0 Å². The van der Waals surface area contributed by atoms with Gasteiger partial charge in [0.25, 0.3) is 5.91 Å². The quantitative estimate of drug-likeness (QED) is 0.525. The van der Waals surface area contributed by atoms with Crippen LogP contribution in [-0.4, -0.2) is 25.9 Å². The molecule has 0 spiro atoms. The number of H-pyrrole nitrogens is 1. The standard InChI is InChI=1S/C22H20FN5O/c23-18-3-1-2-15(8-18)10-24-22(29)21-19-7-6-16(17-11-25-26-12-17)9-20(19)28(27-21)13-14-4-5-14/h1-3,6-9,11-12,14H,4-5,10,13H2,(H,24,29)(H,25,26). The monoisotopic (exact) mass is 389 g/mol. The molecule has 1 saturated carbocycles. The van der Waals surface area contributed by atoms with E-state index in [9.17, 15) is 9.18 Å². The van der Waals surface area contributed by atoms with Crippen molar-refractivity contribution in [2.24, 2.45) is 5.92 Å². The van der Waals surface area contributed by atoms with Gasteiger partial charge in [-0.1, -0.05) is 18.2 Å². The SMILES string of the molecule is O=C(NCc1cccc(F)c1)c1nn(CC2CC2)c2cc(-c3cn[nH]c3)ccc12. The summed E-state index contributed by atoms with van der Waals surface area (Å²) in [6.45, 7) is 1.06. The number of fused-ring (bicyclic) bond motifs is 1. The molecule has 5 rings (SSSR count). The number of rotatable bonds is 6. The number of hydrogen-bond donors (Lipinski definition) is 2. The van der Waals surface area contributed by atoms with Crippen LogP contribution in [0.15, 0.2) is 54.9 Å². The third-order valence-corrected chi connectivity index (χ3v) is 5.27. The fourth-order valence-corrected chi connectivity index (χ4v) is 3.53. The van der Waals surface area contributed by atoms with Crippen molar-refractivity contribution in [3.05, 3.63) is 71.9 Å². The minimum Gasteiger partial charge on any atom is -0.347 e. The molecule has 0 aliphatic heterocycles. The van der Waals surface area contributed by atoms with Crippen molar-refractivity contribution in [1.29, 1.82) is 0 Å². The summed E-state index contributed by atoms with van der Waals surface area (Å²) in [4.78, 5) is 12.8. The van der Waals surface area contributed by atoms with E-state index >= 15 is 0 Å². The fourth-order valence-electron chi connectivity index (χ4n) is 3.53. The van der Waals surface area contributed by atoms with Crippen LogP contribution in [0.2, 0.25) is 0 Å². The highest BCUT2D eigenvalue weighted by molar-refractivity contribution is 6.05. The lowest BCUT2D eigenvalue weighted by Gasteiger charge is -2.04. The van der Waals surface area contributed by atoms with E-state index in [1.165, 1.54) is 25.0 Å². The van der Waals surface area contributed by atoms with Gasteiger partial charge in [0, 0.05) is 30.2 Å². The van der Waals surface area contributed by atoms with E-state index in [1.807, 2.05) is 23.0 Å². The van der Waals surface area contributed by atoms with E-state index in [0.717, 1.165) is 28.6 Å². The molecule has 146 valence electrons. The number of carbonyl (C=O) groups excluding carboxylic acids is 1. The number of carbonyl (C=O) groups is 1. The van der Waals surface area contributed by atoms with Crippen LogP contribution in [-0.2, 0) is 13.1 Å². The van der Waals surface area contributed by atoms with Crippen LogP contribution in [0, 0.1) is 11.7 Å². The molecular formula is C22H20FN5O. The molecule has 0 unspecified atom stereocenters. The van der Waals surface area contributed by atoms with Gasteiger partial charge in [0.1, 0.15) is 5.82 Å². The number of hydrogen-bond acceptors (Lipinski definition) is 3. The van der Waals surface area contributed by atoms with Gasteiger partial charge in [-0.3, -0.25) is 14.6 Å². The molecule has 2 aromatic heterocycles. The molecule has 0 atom stereocenters. The highest BCUT2D eigenvalue weighted by Crippen LogP contribution is 2.33. The summed E-state index contributed by atoms with van der Waals surface area (Å²) < 4.78 is 15.3. The van der Waals surface area contributed by atoms with Crippen molar-refractivity contribution in [3.8, 4) is 11.1 Å². The van der Waals surface area contributed by atoms with Crippen LogP contribution in [0.4, 0.5) is 4.39 Å². The van der Waals surface area contributed by atoms with Crippen molar-refractivity contribution in [1.82, 2.24) is 25.3 Å². The van der Waals surface area contributed by atoms with Crippen LogP contribution in [0.25, 0.3) is 22.0 Å². The number of halogens is 1. The fraction of sp³-hybridized carbons (Fsp3) is 0.227. The van der Waals surface area contributed by atoms with Crippen molar-refractivity contribution in [3.63, 3.8) is 0 Å². The number of nitrogens with zero attached hydrogens (tertiary/aromatic N) is 3. The third kappa shape index (κ3) is 3.63. The van der Waals surface area contributed by atoms with Crippen LogP contribution in [0.1, 0.15) is 28.9 Å². The molecule has 0 saturated heterocycles. The minimum atomic E-state index is -0.317. The Bertz CT molecular complexity index is 1180. The molecule has 2 heterocycles. The Labute approximate surface area is 166 Å². The van der Waals surface area contributed by atoms with Crippen LogP contribution < -0.4 is 5.32 Å². The maximum atomic E-state index is 13.4. The van der Waals surface area contributed by atoms with Crippen molar-refractivity contribution in [2.45, 2.75) is 25.9 Å². The molecule has 1 aliphatic rings. The van der Waals surface area contributed by atoms with E-state index in [4.69, 9.17) is 0 Å². The predicted octanol–water partition coefficient (Wildman–Crippen LogP) is 3.91. The number of aromatic nitrogens is 4. The topological polar surface area (TPSA) is 75.6 Å². The summed E-state index contributed by atoms with van der Waals surface area (Å²) >= 11 is 0. The van der Waals surface area contributed by atoms with E-state index in [0.29, 0.717) is 17.2 Å². The molecule has 4 aromatic rings. The maximum Gasteiger partial charge on any atom is 0.272 e. The first kappa shape index (κ1) is 17.6. The predicted molar refractivity (Wildman–Crippen MR) is 108 cm³/mol. The van der Waals surface area contributed by atoms with Gasteiger partial charge >= 0.3 is 0 Å². The van der Waals surface area contributed by atoms with Gasteiger partial charge < -0.3 is 5.32 Å². The highest BCUT2D eigenvalue weighted by Gasteiger charge is 2.25. The molecule has 1 fully saturated rings. The summed E-state index contributed by atoms with van der Waals surface area (Å²) in [6, 6.07) is 12.2. The number of aromatic amines is 1. The number of benzene rings is 2. The first-order valence-corrected chi connectivity index (χ1v) is 9.70. The second kappa shape index (κ2) is 7.16. The van der Waals surface area contributed by atoms with Crippen molar-refractivity contribution in [2.75, 3.05) is 0 Å². The second-order valence-corrected chi connectivity index (χ2v) is 7.51. The van der Waals surface area contributed by atoms with Gasteiger partial charge in [-0.15, -0.1) is 0 Å². The summed E-state index contributed by atoms with van der Waals surface area (Å²) in [6.07, 6.45) is 6.01. The molecule has 1 amide bonds. The highest BCUT2D eigenvalue weighted by atomic mass is 19.1. The zero-order valence-corrected chi connectivity index (χ0v) is 15.7. The molecule has 6 nitrogen and oxygen atoms in total. The maximum absolute atomic E-state index is 13.4. The van der Waals surface area contributed by atoms with Gasteiger partial charge in [0.15, 0.2) is 5.69 Å². The van der Waals surface area contributed by atoms with Gasteiger partial charge in [-0.05, 0) is 54.2 Å². The second-order valence-electron chi connectivity index (χ2n) is 7.51. The van der Waals surface area contributed by atoms with Crippen LogP contribution in [0.3, 0.4) is 0 Å². The summed E-state index contributed by atoms with van der Waals surface area (Å²) in [5.74, 6) is 0.0476. The lowest BCUT2D eigenvalue weighted by Crippen LogP contribution is -2.23. The van der Waals surface area contributed by atoms with E-state index in [2.05, 4.69) is 26.7 Å². The average molecular weight is 389 g/mol. The number of amides is 1. The minimum absolute atomic E-state index is 0.251. The largest absolute Gasteiger partial charge is 0.347 e. The Kier molecular flexibility index (Phi) is 4.35. The lowest BCUT2D eigenvalue weighted by molar-refractivity contribution is 0.0946. The van der Waals surface area contributed by atoms with E-state index in [-0.39, 0.29) is 18.3 Å². The zero-order chi connectivity index (χ0) is 19.8. The van der Waals surface area contributed by atoms with Crippen LogP contribution >= 0.6 is 0 Å². The normalized spacial score (nSPS) is 13.7. The summed E-state index contributed by atoms with van der Waals surface area (Å²) in [5.41, 5.74) is 4.06. The smallest absolute Gasteiger partial charge is 0.272 e. The first-order valence-electron chi connectivity index (χ1n) is 9.70. The Hall–Kier alpha value is -3.48. The van der Waals surface area contributed by atoms with Gasteiger partial charge in [0.05, 0.1) is 11.7 Å². The Morgan fingerprint density at radius 1 is 1.21 bits per heavy atom. The molecule has 7 heteroatoms. The summed E-state index contributed by atoms with van der Waals surface area (Å²) in [7, 11) is 0. The lowest BCUT2D eigenvalue weighted by atomic mass is 10.1. The van der Waals surface area contributed by atoms with Crippen LogP contribution in [0.5, 0.6) is 0 Å². The van der Waals surface area contributed by atoms with Gasteiger partial charge in [-0.25, -0.2) is 4.39 Å². The molecule has 1 aliphatic carbocycles. The van der Waals surface area contributed by atoms with Crippen molar-refractivity contribution < 1.29 is 9.18 Å². The Balaban J connectivity index is 1.46. The molecular weight excluding hydrogens is 369 g/mol. The Morgan fingerprint density at radius 2 is 2.10 bits per heavy atom. The zero-order valence-electron chi connectivity index (χ0n) is 15.7. The van der Waals surface area contributed by atoms with E-state index in [1.54, 1.807) is 18.3 Å². The summed E-state index contributed by atoms with van der Waals surface area (Å²) in [5, 5.41) is 15.1. The first-order chi connectivity index (χ1) is 14.2. The third-order valence-electron chi connectivity index (χ3n) is 5.27. The number of nitrogens with one attached hydrogen (secondary N) is 2. The molecule has 0 bridgehead atoms. The molecule has 2 N–H and O–H groups in total.